The summed E-state index contributed by atoms with van der Waals surface area (Å²) >= 11 is 0. The van der Waals surface area contributed by atoms with Crippen molar-refractivity contribution in [1.29, 1.82) is 0 Å². The molecule has 0 spiro atoms. The van der Waals surface area contributed by atoms with Crippen molar-refractivity contribution < 1.29 is 19.1 Å². The predicted molar refractivity (Wildman–Crippen MR) is 50.6 cm³/mol. The Morgan fingerprint density at radius 3 is 2.47 bits per heavy atom. The number of aliphatic carboxylic acids is 1. The van der Waals surface area contributed by atoms with Gasteiger partial charge in [-0.25, -0.2) is 4.98 Å². The molecule has 6 nitrogen and oxygen atoms in total. The van der Waals surface area contributed by atoms with Gasteiger partial charge in [-0.05, 0) is 6.92 Å². The van der Waals surface area contributed by atoms with Crippen LogP contribution >= 0.6 is 0 Å². The van der Waals surface area contributed by atoms with E-state index in [1.54, 1.807) is 13.8 Å². The van der Waals surface area contributed by atoms with Crippen molar-refractivity contribution >= 4 is 11.9 Å². The zero-order valence-electron chi connectivity index (χ0n) is 8.77. The number of aromatic nitrogens is 1. The van der Waals surface area contributed by atoms with Crippen LogP contribution in [0.15, 0.2) is 4.42 Å². The first-order valence-electron chi connectivity index (χ1n) is 4.33. The Kier molecular flexibility index (Phi) is 3.08. The number of nitrogens with zero attached hydrogens (tertiary/aromatic N) is 2. The lowest BCUT2D eigenvalue weighted by Gasteiger charge is -2.12. The van der Waals surface area contributed by atoms with Crippen molar-refractivity contribution in [2.45, 2.75) is 13.8 Å². The van der Waals surface area contributed by atoms with E-state index in [0.29, 0.717) is 11.6 Å². The number of carbonyl (C=O) groups excluding carboxylic acids is 1. The van der Waals surface area contributed by atoms with Gasteiger partial charge < -0.3 is 14.4 Å². The Labute approximate surface area is 86.5 Å². The van der Waals surface area contributed by atoms with Crippen LogP contribution in [0.2, 0.25) is 0 Å². The highest BCUT2D eigenvalue weighted by Gasteiger charge is 2.21. The van der Waals surface area contributed by atoms with E-state index in [1.165, 1.54) is 7.05 Å². The number of oxazole rings is 1. The second-order valence-electron chi connectivity index (χ2n) is 3.20. The maximum absolute atomic E-state index is 11.6. The summed E-state index contributed by atoms with van der Waals surface area (Å²) in [4.78, 5) is 27.0. The molecule has 1 heterocycles. The van der Waals surface area contributed by atoms with Gasteiger partial charge in [0.25, 0.3) is 5.91 Å². The Morgan fingerprint density at radius 2 is 2.07 bits per heavy atom. The van der Waals surface area contributed by atoms with Crippen LogP contribution in [-0.2, 0) is 4.79 Å². The summed E-state index contributed by atoms with van der Waals surface area (Å²) in [6.45, 7) is 2.90. The van der Waals surface area contributed by atoms with E-state index >= 15 is 0 Å². The number of amides is 1. The molecule has 15 heavy (non-hydrogen) atoms. The number of likely N-dealkylation sites (N-methyl/N-ethyl adjacent to an activating group) is 1. The molecule has 1 amide bonds. The van der Waals surface area contributed by atoms with Crippen LogP contribution in [0, 0.1) is 13.8 Å². The van der Waals surface area contributed by atoms with Crippen LogP contribution in [-0.4, -0.2) is 40.5 Å². The number of hydrogen-bond donors (Lipinski definition) is 1. The molecule has 0 aliphatic rings. The van der Waals surface area contributed by atoms with E-state index in [0.717, 1.165) is 4.90 Å². The maximum atomic E-state index is 11.6. The van der Waals surface area contributed by atoms with E-state index < -0.39 is 11.9 Å². The average molecular weight is 212 g/mol. The number of carboxylic acid groups (broad SMARTS) is 1. The fourth-order valence-corrected chi connectivity index (χ4v) is 1.18. The van der Waals surface area contributed by atoms with Gasteiger partial charge in [0, 0.05) is 14.0 Å². The molecular weight excluding hydrogens is 200 g/mol. The van der Waals surface area contributed by atoms with Crippen molar-refractivity contribution in [2.24, 2.45) is 0 Å². The number of rotatable bonds is 3. The van der Waals surface area contributed by atoms with Crippen molar-refractivity contribution in [2.75, 3.05) is 13.6 Å². The van der Waals surface area contributed by atoms with E-state index in [9.17, 15) is 9.59 Å². The van der Waals surface area contributed by atoms with Gasteiger partial charge in [0.15, 0.2) is 5.89 Å². The van der Waals surface area contributed by atoms with Gasteiger partial charge in [-0.15, -0.1) is 0 Å². The molecule has 1 N–H and O–H groups in total. The normalized spacial score (nSPS) is 10.1. The Bertz CT molecular complexity index is 397. The topological polar surface area (TPSA) is 83.6 Å². The fourth-order valence-electron chi connectivity index (χ4n) is 1.18. The van der Waals surface area contributed by atoms with Gasteiger partial charge in [0.2, 0.25) is 5.76 Å². The van der Waals surface area contributed by atoms with Crippen LogP contribution in [0.25, 0.3) is 0 Å². The first-order chi connectivity index (χ1) is 6.91. The third kappa shape index (κ3) is 2.55. The molecule has 6 heteroatoms. The standard InChI is InChI=1S/C9H12N2O4/c1-5-8(15-6(2)10-5)9(14)11(3)4-7(12)13/h4H2,1-3H3,(H,12,13). The van der Waals surface area contributed by atoms with Crippen LogP contribution in [0.1, 0.15) is 22.1 Å². The quantitative estimate of drug-likeness (QED) is 0.786. The molecule has 0 fully saturated rings. The largest absolute Gasteiger partial charge is 0.480 e. The number of aryl methyl sites for hydroxylation is 2. The molecule has 0 bridgehead atoms. The van der Waals surface area contributed by atoms with E-state index in [4.69, 9.17) is 9.52 Å². The molecular formula is C9H12N2O4. The third-order valence-electron chi connectivity index (χ3n) is 1.82. The summed E-state index contributed by atoms with van der Waals surface area (Å²) in [6.07, 6.45) is 0. The van der Waals surface area contributed by atoms with Gasteiger partial charge in [0.05, 0.1) is 5.69 Å². The molecule has 1 aromatic rings. The number of hydrogen-bond acceptors (Lipinski definition) is 4. The maximum Gasteiger partial charge on any atom is 0.323 e. The lowest BCUT2D eigenvalue weighted by atomic mass is 10.3. The van der Waals surface area contributed by atoms with E-state index in [1.807, 2.05) is 0 Å². The van der Waals surface area contributed by atoms with E-state index in [2.05, 4.69) is 4.98 Å². The van der Waals surface area contributed by atoms with Crippen LogP contribution in [0.4, 0.5) is 0 Å². The minimum Gasteiger partial charge on any atom is -0.480 e. The fraction of sp³-hybridized carbons (Fsp3) is 0.444. The molecule has 82 valence electrons. The minimum atomic E-state index is -1.07. The second kappa shape index (κ2) is 4.12. The summed E-state index contributed by atoms with van der Waals surface area (Å²) in [7, 11) is 1.40. The van der Waals surface area contributed by atoms with Crippen molar-refractivity contribution in [3.63, 3.8) is 0 Å². The molecule has 0 aliphatic heterocycles. The zero-order valence-corrected chi connectivity index (χ0v) is 8.77. The first kappa shape index (κ1) is 11.2. The van der Waals surface area contributed by atoms with Crippen molar-refractivity contribution in [1.82, 2.24) is 9.88 Å². The molecule has 0 unspecified atom stereocenters. The van der Waals surface area contributed by atoms with Gasteiger partial charge in [0.1, 0.15) is 6.54 Å². The lowest BCUT2D eigenvalue weighted by molar-refractivity contribution is -0.137. The summed E-state index contributed by atoms with van der Waals surface area (Å²) in [5.74, 6) is -1.06. The Morgan fingerprint density at radius 1 is 1.47 bits per heavy atom. The van der Waals surface area contributed by atoms with Crippen LogP contribution in [0.3, 0.4) is 0 Å². The molecule has 0 radical (unpaired) electrons. The predicted octanol–water partition coefficient (Wildman–Crippen LogP) is 0.448. The summed E-state index contributed by atoms with van der Waals surface area (Å²) in [6, 6.07) is 0. The van der Waals surface area contributed by atoms with Crippen LogP contribution < -0.4 is 0 Å². The highest BCUT2D eigenvalue weighted by Crippen LogP contribution is 2.11. The SMILES string of the molecule is Cc1nc(C)c(C(=O)N(C)CC(=O)O)o1. The van der Waals surface area contributed by atoms with Crippen LogP contribution in [0.5, 0.6) is 0 Å². The first-order valence-corrected chi connectivity index (χ1v) is 4.33. The van der Waals surface area contributed by atoms with Crippen molar-refractivity contribution in [3.8, 4) is 0 Å². The Balaban J connectivity index is 2.84. The lowest BCUT2D eigenvalue weighted by Crippen LogP contribution is -2.32. The molecule has 1 rings (SSSR count). The third-order valence-corrected chi connectivity index (χ3v) is 1.82. The molecule has 0 aliphatic carbocycles. The van der Waals surface area contributed by atoms with Gasteiger partial charge in [-0.1, -0.05) is 0 Å². The summed E-state index contributed by atoms with van der Waals surface area (Å²) < 4.78 is 5.08. The summed E-state index contributed by atoms with van der Waals surface area (Å²) in [5.41, 5.74) is 0.467. The molecule has 1 aromatic heterocycles. The smallest absolute Gasteiger partial charge is 0.323 e. The summed E-state index contributed by atoms with van der Waals surface area (Å²) in [5, 5.41) is 8.51. The highest BCUT2D eigenvalue weighted by atomic mass is 16.4. The van der Waals surface area contributed by atoms with Gasteiger partial charge in [-0.2, -0.15) is 0 Å². The number of carboxylic acids is 1. The molecule has 0 saturated heterocycles. The monoisotopic (exact) mass is 212 g/mol. The highest BCUT2D eigenvalue weighted by molar-refractivity contribution is 5.94. The minimum absolute atomic E-state index is 0.0938. The average Bonchev–Trinajstić information content (AvgIpc) is 2.42. The molecule has 0 atom stereocenters. The van der Waals surface area contributed by atoms with E-state index in [-0.39, 0.29) is 12.3 Å². The number of carbonyl (C=O) groups is 2. The van der Waals surface area contributed by atoms with Gasteiger partial charge in [-0.3, -0.25) is 9.59 Å². The van der Waals surface area contributed by atoms with Gasteiger partial charge >= 0.3 is 5.97 Å². The van der Waals surface area contributed by atoms with Crippen molar-refractivity contribution in [3.05, 3.63) is 17.3 Å². The molecule has 0 saturated carbocycles. The zero-order chi connectivity index (χ0) is 11.6. The second-order valence-corrected chi connectivity index (χ2v) is 3.20. The molecule has 0 aromatic carbocycles. The Hall–Kier alpha value is -1.85.